The monoisotopic (exact) mass is 265 g/mol. The highest BCUT2D eigenvalue weighted by Gasteiger charge is 2.29. The third-order valence-corrected chi connectivity index (χ3v) is 4.80. The lowest BCUT2D eigenvalue weighted by Gasteiger charge is -2.37. The van der Waals surface area contributed by atoms with Crippen LogP contribution in [0.15, 0.2) is 11.6 Å². The predicted molar refractivity (Wildman–Crippen MR) is 77.1 cm³/mol. The van der Waals surface area contributed by atoms with Crippen LogP contribution >= 0.6 is 0 Å². The second-order valence-electron chi connectivity index (χ2n) is 6.50. The van der Waals surface area contributed by atoms with Crippen molar-refractivity contribution in [2.24, 2.45) is 17.8 Å². The van der Waals surface area contributed by atoms with Crippen molar-refractivity contribution < 1.29 is 9.90 Å². The summed E-state index contributed by atoms with van der Waals surface area (Å²) in [6, 6.07) is 0. The number of carboxylic acids is 1. The van der Waals surface area contributed by atoms with Gasteiger partial charge in [-0.2, -0.15) is 0 Å². The molecular formula is C16H27NO2. The number of carboxylic acid groups (broad SMARTS) is 1. The molecule has 2 atom stereocenters. The first-order valence-corrected chi connectivity index (χ1v) is 7.69. The first-order valence-electron chi connectivity index (χ1n) is 7.69. The van der Waals surface area contributed by atoms with Crippen molar-refractivity contribution in [1.82, 2.24) is 4.90 Å². The summed E-state index contributed by atoms with van der Waals surface area (Å²) in [6.07, 6.45) is 8.66. The topological polar surface area (TPSA) is 40.5 Å². The molecule has 0 aromatic rings. The molecule has 0 radical (unpaired) electrons. The predicted octanol–water partition coefficient (Wildman–Crippen LogP) is 3.17. The molecule has 2 rings (SSSR count). The second kappa shape index (κ2) is 6.56. The maximum Gasteiger partial charge on any atom is 0.317 e. The highest BCUT2D eigenvalue weighted by Crippen LogP contribution is 2.36. The number of likely N-dealkylation sites (tertiary alicyclic amines) is 1. The zero-order valence-electron chi connectivity index (χ0n) is 12.3. The van der Waals surface area contributed by atoms with Gasteiger partial charge in [-0.25, -0.2) is 0 Å². The van der Waals surface area contributed by atoms with E-state index in [2.05, 4.69) is 24.8 Å². The zero-order chi connectivity index (χ0) is 13.8. The van der Waals surface area contributed by atoms with Gasteiger partial charge in [0.2, 0.25) is 0 Å². The fraction of sp³-hybridized carbons (Fsp3) is 0.812. The van der Waals surface area contributed by atoms with E-state index in [0.717, 1.165) is 25.4 Å². The van der Waals surface area contributed by atoms with Crippen LogP contribution < -0.4 is 0 Å². The largest absolute Gasteiger partial charge is 0.480 e. The molecule has 1 N–H and O–H groups in total. The Morgan fingerprint density at radius 2 is 2.21 bits per heavy atom. The van der Waals surface area contributed by atoms with E-state index in [0.29, 0.717) is 11.8 Å². The van der Waals surface area contributed by atoms with E-state index < -0.39 is 5.97 Å². The Kier molecular flexibility index (Phi) is 5.03. The molecule has 1 heterocycles. The maximum atomic E-state index is 10.8. The average Bonchev–Trinajstić information content (AvgIpc) is 2.38. The number of hydrogen-bond donors (Lipinski definition) is 1. The highest BCUT2D eigenvalue weighted by molar-refractivity contribution is 5.69. The molecule has 1 aliphatic heterocycles. The van der Waals surface area contributed by atoms with Crippen LogP contribution in [0.4, 0.5) is 0 Å². The summed E-state index contributed by atoms with van der Waals surface area (Å²) in [4.78, 5) is 12.9. The average molecular weight is 265 g/mol. The van der Waals surface area contributed by atoms with Gasteiger partial charge in [-0.15, -0.1) is 0 Å². The highest BCUT2D eigenvalue weighted by atomic mass is 16.4. The van der Waals surface area contributed by atoms with Gasteiger partial charge in [-0.3, -0.25) is 9.69 Å². The van der Waals surface area contributed by atoms with E-state index in [1.165, 1.54) is 25.7 Å². The van der Waals surface area contributed by atoms with Gasteiger partial charge in [0.1, 0.15) is 0 Å². The van der Waals surface area contributed by atoms with Gasteiger partial charge in [-0.1, -0.05) is 25.5 Å². The van der Waals surface area contributed by atoms with Crippen molar-refractivity contribution in [3.05, 3.63) is 11.6 Å². The van der Waals surface area contributed by atoms with Gasteiger partial charge < -0.3 is 5.11 Å². The summed E-state index contributed by atoms with van der Waals surface area (Å²) in [5.74, 6) is 1.49. The molecule has 3 nitrogen and oxygen atoms in total. The Labute approximate surface area is 116 Å². The zero-order valence-corrected chi connectivity index (χ0v) is 12.3. The van der Waals surface area contributed by atoms with E-state index in [4.69, 9.17) is 5.11 Å². The number of aliphatic carboxylic acids is 1. The lowest BCUT2D eigenvalue weighted by molar-refractivity contribution is -0.138. The van der Waals surface area contributed by atoms with Crippen LogP contribution in [0.2, 0.25) is 0 Å². The first-order chi connectivity index (χ1) is 9.06. The summed E-state index contributed by atoms with van der Waals surface area (Å²) in [7, 11) is 0. The third-order valence-electron chi connectivity index (χ3n) is 4.80. The number of hydrogen-bond acceptors (Lipinski definition) is 2. The molecule has 1 aliphatic carbocycles. The Bertz CT molecular complexity index is 349. The lowest BCUT2D eigenvalue weighted by atomic mass is 9.75. The minimum atomic E-state index is -0.689. The molecular weight excluding hydrogens is 238 g/mol. The van der Waals surface area contributed by atoms with E-state index in [1.54, 1.807) is 5.57 Å². The molecule has 108 valence electrons. The summed E-state index contributed by atoms with van der Waals surface area (Å²) in [5.41, 5.74) is 1.62. The van der Waals surface area contributed by atoms with Crippen molar-refractivity contribution in [3.8, 4) is 0 Å². The molecule has 2 unspecified atom stereocenters. The molecule has 0 bridgehead atoms. The third kappa shape index (κ3) is 4.07. The fourth-order valence-corrected chi connectivity index (χ4v) is 3.64. The van der Waals surface area contributed by atoms with Crippen LogP contribution in [-0.4, -0.2) is 35.6 Å². The molecule has 2 aliphatic rings. The van der Waals surface area contributed by atoms with Crippen molar-refractivity contribution in [3.63, 3.8) is 0 Å². The van der Waals surface area contributed by atoms with Crippen molar-refractivity contribution in [2.75, 3.05) is 19.6 Å². The first kappa shape index (κ1) is 14.6. The number of piperidine rings is 1. The lowest BCUT2D eigenvalue weighted by Crippen LogP contribution is -2.41. The van der Waals surface area contributed by atoms with Gasteiger partial charge in [-0.05, 0) is 56.4 Å². The Morgan fingerprint density at radius 1 is 1.42 bits per heavy atom. The molecule has 19 heavy (non-hydrogen) atoms. The van der Waals surface area contributed by atoms with Gasteiger partial charge in [0.15, 0.2) is 0 Å². The Balaban J connectivity index is 1.87. The fourth-order valence-electron chi connectivity index (χ4n) is 3.64. The minimum Gasteiger partial charge on any atom is -0.480 e. The van der Waals surface area contributed by atoms with Gasteiger partial charge in [0, 0.05) is 6.54 Å². The van der Waals surface area contributed by atoms with E-state index >= 15 is 0 Å². The molecule has 0 aromatic carbocycles. The second-order valence-corrected chi connectivity index (χ2v) is 6.50. The smallest absolute Gasteiger partial charge is 0.317 e. The van der Waals surface area contributed by atoms with Crippen molar-refractivity contribution in [2.45, 2.75) is 46.0 Å². The summed E-state index contributed by atoms with van der Waals surface area (Å²) in [5, 5.41) is 8.91. The number of allylic oxidation sites excluding steroid dienone is 2. The normalized spacial score (nSPS) is 29.3. The van der Waals surface area contributed by atoms with Crippen LogP contribution in [0, 0.1) is 17.8 Å². The Morgan fingerprint density at radius 3 is 2.79 bits per heavy atom. The number of rotatable bonds is 4. The maximum absolute atomic E-state index is 10.8. The van der Waals surface area contributed by atoms with Gasteiger partial charge >= 0.3 is 5.97 Å². The molecule has 1 fully saturated rings. The molecule has 0 amide bonds. The van der Waals surface area contributed by atoms with Crippen LogP contribution in [0.3, 0.4) is 0 Å². The van der Waals surface area contributed by atoms with Crippen LogP contribution in [-0.2, 0) is 4.79 Å². The number of carbonyl (C=O) groups is 1. The molecule has 0 saturated carbocycles. The van der Waals surface area contributed by atoms with E-state index in [-0.39, 0.29) is 6.54 Å². The van der Waals surface area contributed by atoms with Crippen LogP contribution in [0.1, 0.15) is 46.0 Å². The van der Waals surface area contributed by atoms with E-state index in [9.17, 15) is 4.79 Å². The van der Waals surface area contributed by atoms with E-state index in [1.807, 2.05) is 0 Å². The number of nitrogens with zero attached hydrogens (tertiary/aromatic N) is 1. The summed E-state index contributed by atoms with van der Waals surface area (Å²) >= 11 is 0. The molecule has 3 heteroatoms. The quantitative estimate of drug-likeness (QED) is 0.794. The molecule has 0 aromatic heterocycles. The summed E-state index contributed by atoms with van der Waals surface area (Å²) < 4.78 is 0. The minimum absolute atomic E-state index is 0.219. The molecule has 1 saturated heterocycles. The van der Waals surface area contributed by atoms with Crippen LogP contribution in [0.25, 0.3) is 0 Å². The molecule has 0 spiro atoms. The Hall–Kier alpha value is -0.830. The van der Waals surface area contributed by atoms with Gasteiger partial charge in [0.25, 0.3) is 0 Å². The van der Waals surface area contributed by atoms with Crippen molar-refractivity contribution in [1.29, 1.82) is 0 Å². The van der Waals surface area contributed by atoms with Crippen molar-refractivity contribution >= 4 is 5.97 Å². The summed E-state index contributed by atoms with van der Waals surface area (Å²) in [6.45, 7) is 6.73. The standard InChI is InChI=1S/C16H27NO2/c1-12(2)13-5-7-14(8-6-13)15-4-3-9-17(10-15)11-16(18)19/h5,12,14-15H,3-4,6-11H2,1-2H3,(H,18,19). The SMILES string of the molecule is CC(C)C1=CCC(C2CCCN(CC(=O)O)C2)CC1. The van der Waals surface area contributed by atoms with Crippen LogP contribution in [0.5, 0.6) is 0 Å². The van der Waals surface area contributed by atoms with Gasteiger partial charge in [0.05, 0.1) is 6.54 Å².